The molecule has 0 atom stereocenters. The number of ether oxygens (including phenoxy) is 1. The SMILES string of the molecule is NCc1ccc(COc2cc(F)ccc2F)nc1. The zero-order valence-corrected chi connectivity index (χ0v) is 9.57. The summed E-state index contributed by atoms with van der Waals surface area (Å²) < 4.78 is 31.3. The molecule has 18 heavy (non-hydrogen) atoms. The molecule has 0 bridgehead atoms. The maximum Gasteiger partial charge on any atom is 0.165 e. The first kappa shape index (κ1) is 12.4. The Balaban J connectivity index is 2.04. The van der Waals surface area contributed by atoms with E-state index in [9.17, 15) is 8.78 Å². The van der Waals surface area contributed by atoms with Crippen molar-refractivity contribution in [2.24, 2.45) is 5.73 Å². The van der Waals surface area contributed by atoms with E-state index in [0.29, 0.717) is 12.2 Å². The molecule has 2 rings (SSSR count). The second kappa shape index (κ2) is 5.55. The number of hydrogen-bond acceptors (Lipinski definition) is 3. The van der Waals surface area contributed by atoms with E-state index < -0.39 is 11.6 Å². The van der Waals surface area contributed by atoms with Gasteiger partial charge in [-0.15, -0.1) is 0 Å². The Morgan fingerprint density at radius 2 is 2.00 bits per heavy atom. The molecule has 0 aliphatic heterocycles. The minimum atomic E-state index is -0.602. The predicted molar refractivity (Wildman–Crippen MR) is 62.8 cm³/mol. The minimum absolute atomic E-state index is 0.0746. The van der Waals surface area contributed by atoms with Gasteiger partial charge in [-0.2, -0.15) is 0 Å². The molecule has 0 unspecified atom stereocenters. The third kappa shape index (κ3) is 3.01. The van der Waals surface area contributed by atoms with Crippen molar-refractivity contribution in [1.82, 2.24) is 4.98 Å². The second-order valence-corrected chi connectivity index (χ2v) is 3.73. The van der Waals surface area contributed by atoms with Gasteiger partial charge >= 0.3 is 0 Å². The van der Waals surface area contributed by atoms with Crippen LogP contribution in [-0.4, -0.2) is 4.98 Å². The van der Waals surface area contributed by atoms with Crippen LogP contribution in [0.5, 0.6) is 5.75 Å². The monoisotopic (exact) mass is 250 g/mol. The summed E-state index contributed by atoms with van der Waals surface area (Å²) in [5.74, 6) is -1.27. The first-order valence-electron chi connectivity index (χ1n) is 5.41. The number of hydrogen-bond donors (Lipinski definition) is 1. The average Bonchev–Trinajstić information content (AvgIpc) is 2.40. The quantitative estimate of drug-likeness (QED) is 0.906. The molecule has 2 aromatic rings. The van der Waals surface area contributed by atoms with Crippen molar-refractivity contribution in [3.63, 3.8) is 0 Å². The van der Waals surface area contributed by atoms with Crippen LogP contribution in [0.15, 0.2) is 36.5 Å². The average molecular weight is 250 g/mol. The van der Waals surface area contributed by atoms with E-state index in [1.165, 1.54) is 0 Å². The lowest BCUT2D eigenvalue weighted by Gasteiger charge is -2.07. The number of nitrogens with two attached hydrogens (primary N) is 1. The summed E-state index contributed by atoms with van der Waals surface area (Å²) in [4.78, 5) is 4.10. The van der Waals surface area contributed by atoms with Gasteiger partial charge in [0, 0.05) is 18.8 Å². The van der Waals surface area contributed by atoms with Crippen LogP contribution in [0.2, 0.25) is 0 Å². The van der Waals surface area contributed by atoms with Crippen LogP contribution in [0.4, 0.5) is 8.78 Å². The fourth-order valence-corrected chi connectivity index (χ4v) is 1.40. The maximum absolute atomic E-state index is 13.3. The van der Waals surface area contributed by atoms with Crippen molar-refractivity contribution in [3.8, 4) is 5.75 Å². The Morgan fingerprint density at radius 3 is 2.67 bits per heavy atom. The van der Waals surface area contributed by atoms with Crippen LogP contribution >= 0.6 is 0 Å². The highest BCUT2D eigenvalue weighted by Gasteiger charge is 2.05. The zero-order valence-electron chi connectivity index (χ0n) is 9.57. The Morgan fingerprint density at radius 1 is 1.17 bits per heavy atom. The van der Waals surface area contributed by atoms with Gasteiger partial charge in [-0.25, -0.2) is 8.78 Å². The van der Waals surface area contributed by atoms with E-state index in [1.54, 1.807) is 12.3 Å². The molecule has 0 fully saturated rings. The molecule has 0 amide bonds. The summed E-state index contributed by atoms with van der Waals surface area (Å²) in [6, 6.07) is 6.61. The molecule has 0 saturated heterocycles. The van der Waals surface area contributed by atoms with E-state index in [2.05, 4.69) is 4.98 Å². The van der Waals surface area contributed by atoms with Crippen molar-refractivity contribution in [3.05, 3.63) is 59.4 Å². The Labute approximate surface area is 103 Å². The standard InChI is InChI=1S/C13H12F2N2O/c14-10-2-4-12(15)13(5-10)18-8-11-3-1-9(6-16)7-17-11/h1-5,7H,6,8,16H2. The van der Waals surface area contributed by atoms with Gasteiger partial charge in [0.05, 0.1) is 5.69 Å². The molecule has 1 aromatic carbocycles. The second-order valence-electron chi connectivity index (χ2n) is 3.73. The van der Waals surface area contributed by atoms with Crippen molar-refractivity contribution in [2.75, 3.05) is 0 Å². The van der Waals surface area contributed by atoms with Crippen molar-refractivity contribution in [1.29, 1.82) is 0 Å². The zero-order chi connectivity index (χ0) is 13.0. The van der Waals surface area contributed by atoms with E-state index in [1.807, 2.05) is 6.07 Å². The Kier molecular flexibility index (Phi) is 3.84. The minimum Gasteiger partial charge on any atom is -0.484 e. The van der Waals surface area contributed by atoms with Gasteiger partial charge in [0.2, 0.25) is 0 Å². The summed E-state index contributed by atoms with van der Waals surface area (Å²) in [7, 11) is 0. The molecule has 0 saturated carbocycles. The molecule has 2 N–H and O–H groups in total. The molecular formula is C13H12F2N2O. The van der Waals surface area contributed by atoms with Crippen molar-refractivity contribution >= 4 is 0 Å². The number of nitrogens with zero attached hydrogens (tertiary/aromatic N) is 1. The highest BCUT2D eigenvalue weighted by Crippen LogP contribution is 2.19. The van der Waals surface area contributed by atoms with Gasteiger partial charge < -0.3 is 10.5 Å². The van der Waals surface area contributed by atoms with Gasteiger partial charge in [0.1, 0.15) is 12.4 Å². The largest absolute Gasteiger partial charge is 0.484 e. The lowest BCUT2D eigenvalue weighted by Crippen LogP contribution is -2.02. The van der Waals surface area contributed by atoms with Crippen LogP contribution in [0, 0.1) is 11.6 Å². The molecule has 5 heteroatoms. The molecule has 1 aromatic heterocycles. The fourth-order valence-electron chi connectivity index (χ4n) is 1.40. The number of aromatic nitrogens is 1. The number of benzene rings is 1. The maximum atomic E-state index is 13.3. The summed E-state index contributed by atoms with van der Waals surface area (Å²) >= 11 is 0. The molecule has 0 aliphatic carbocycles. The molecule has 0 spiro atoms. The van der Waals surface area contributed by atoms with Crippen LogP contribution in [-0.2, 0) is 13.2 Å². The first-order valence-corrected chi connectivity index (χ1v) is 5.41. The first-order chi connectivity index (χ1) is 8.69. The number of pyridine rings is 1. The third-order valence-electron chi connectivity index (χ3n) is 2.39. The van der Waals surface area contributed by atoms with Gasteiger partial charge in [-0.05, 0) is 23.8 Å². The number of halogens is 2. The van der Waals surface area contributed by atoms with Gasteiger partial charge in [-0.3, -0.25) is 4.98 Å². The molecular weight excluding hydrogens is 238 g/mol. The van der Waals surface area contributed by atoms with Gasteiger partial charge in [0.15, 0.2) is 11.6 Å². The van der Waals surface area contributed by atoms with Crippen molar-refractivity contribution in [2.45, 2.75) is 13.2 Å². The molecule has 1 heterocycles. The summed E-state index contributed by atoms with van der Waals surface area (Å²) in [5.41, 5.74) is 6.96. The van der Waals surface area contributed by atoms with E-state index in [0.717, 1.165) is 23.8 Å². The highest BCUT2D eigenvalue weighted by atomic mass is 19.1. The fraction of sp³-hybridized carbons (Fsp3) is 0.154. The molecule has 3 nitrogen and oxygen atoms in total. The van der Waals surface area contributed by atoms with Gasteiger partial charge in [0.25, 0.3) is 0 Å². The summed E-state index contributed by atoms with van der Waals surface area (Å²) in [5, 5.41) is 0. The lowest BCUT2D eigenvalue weighted by atomic mass is 10.2. The summed E-state index contributed by atoms with van der Waals surface area (Å²) in [6.45, 7) is 0.484. The van der Waals surface area contributed by atoms with E-state index in [-0.39, 0.29) is 12.4 Å². The van der Waals surface area contributed by atoms with Crippen molar-refractivity contribution < 1.29 is 13.5 Å². The molecule has 0 aliphatic rings. The summed E-state index contributed by atoms with van der Waals surface area (Å²) in [6.07, 6.45) is 1.63. The van der Waals surface area contributed by atoms with Crippen LogP contribution in [0.1, 0.15) is 11.3 Å². The molecule has 94 valence electrons. The Hall–Kier alpha value is -2.01. The van der Waals surface area contributed by atoms with Gasteiger partial charge in [-0.1, -0.05) is 6.07 Å². The van der Waals surface area contributed by atoms with E-state index >= 15 is 0 Å². The predicted octanol–water partition coefficient (Wildman–Crippen LogP) is 2.40. The lowest BCUT2D eigenvalue weighted by molar-refractivity contribution is 0.284. The topological polar surface area (TPSA) is 48.1 Å². The van der Waals surface area contributed by atoms with Crippen LogP contribution in [0.3, 0.4) is 0 Å². The Bertz CT molecular complexity index is 529. The normalized spacial score (nSPS) is 10.4. The van der Waals surface area contributed by atoms with Crippen LogP contribution < -0.4 is 10.5 Å². The smallest absolute Gasteiger partial charge is 0.165 e. The van der Waals surface area contributed by atoms with E-state index in [4.69, 9.17) is 10.5 Å². The highest BCUT2D eigenvalue weighted by molar-refractivity contribution is 5.25. The van der Waals surface area contributed by atoms with Crippen LogP contribution in [0.25, 0.3) is 0 Å². The number of rotatable bonds is 4. The third-order valence-corrected chi connectivity index (χ3v) is 2.39. The molecule has 0 radical (unpaired) electrons.